The lowest BCUT2D eigenvalue weighted by atomic mass is 10.2. The molecule has 1 nitrogen and oxygen atoms in total. The molecule has 0 aliphatic rings. The zero-order valence-electron chi connectivity index (χ0n) is 6.90. The third-order valence-electron chi connectivity index (χ3n) is 1.56. The zero-order valence-corrected chi connectivity index (χ0v) is 6.90. The van der Waals surface area contributed by atoms with Crippen LogP contribution in [-0.2, 0) is 0 Å². The highest BCUT2D eigenvalue weighted by Crippen LogP contribution is 2.26. The Morgan fingerprint density at radius 3 is 2.38 bits per heavy atom. The van der Waals surface area contributed by atoms with Crippen LogP contribution < -0.4 is 4.74 Å². The van der Waals surface area contributed by atoms with Gasteiger partial charge in [-0.05, 0) is 12.1 Å². The van der Waals surface area contributed by atoms with Crippen LogP contribution in [0.15, 0.2) is 18.7 Å². The summed E-state index contributed by atoms with van der Waals surface area (Å²) in [5.41, 5.74) is -0.488. The summed E-state index contributed by atoms with van der Waals surface area (Å²) in [7, 11) is 1.20. The van der Waals surface area contributed by atoms with Gasteiger partial charge in [0, 0.05) is 5.56 Å². The number of benzene rings is 1. The Balaban J connectivity index is 3.31. The first-order valence-corrected chi connectivity index (χ1v) is 3.44. The van der Waals surface area contributed by atoms with Gasteiger partial charge in [0.15, 0.2) is 11.6 Å². The minimum atomic E-state index is -1.29. The van der Waals surface area contributed by atoms with Crippen molar-refractivity contribution in [2.45, 2.75) is 0 Å². The Bertz CT molecular complexity index is 347. The van der Waals surface area contributed by atoms with Gasteiger partial charge in [-0.25, -0.2) is 8.78 Å². The van der Waals surface area contributed by atoms with E-state index in [0.29, 0.717) is 0 Å². The normalized spacial score (nSPS) is 9.85. The molecule has 0 aliphatic heterocycles. The summed E-state index contributed by atoms with van der Waals surface area (Å²) < 4.78 is 42.8. The minimum absolute atomic E-state index is 0.262. The summed E-state index contributed by atoms with van der Waals surface area (Å²) >= 11 is 0. The number of methoxy groups -OCH3 is 1. The van der Waals surface area contributed by atoms with Gasteiger partial charge in [0.25, 0.3) is 0 Å². The molecular weight excluding hydrogens is 181 g/mol. The SMILES string of the molecule is C=C(F)c1ccc(OC)c(F)c1F. The molecule has 0 heterocycles. The third kappa shape index (κ3) is 1.66. The summed E-state index contributed by atoms with van der Waals surface area (Å²) in [5, 5.41) is 0. The van der Waals surface area contributed by atoms with Crippen molar-refractivity contribution in [3.8, 4) is 5.75 Å². The first kappa shape index (κ1) is 9.64. The Kier molecular flexibility index (Phi) is 2.60. The second-order valence-electron chi connectivity index (χ2n) is 2.35. The molecule has 0 N–H and O–H groups in total. The van der Waals surface area contributed by atoms with Crippen LogP contribution in [0.1, 0.15) is 5.56 Å². The number of ether oxygens (including phenoxy) is 1. The molecule has 1 aromatic rings. The molecule has 0 saturated carbocycles. The van der Waals surface area contributed by atoms with Crippen molar-refractivity contribution in [3.63, 3.8) is 0 Å². The molecule has 13 heavy (non-hydrogen) atoms. The number of rotatable bonds is 2. The van der Waals surface area contributed by atoms with E-state index >= 15 is 0 Å². The monoisotopic (exact) mass is 188 g/mol. The van der Waals surface area contributed by atoms with E-state index in [1.165, 1.54) is 7.11 Å². The molecule has 0 fully saturated rings. The van der Waals surface area contributed by atoms with Crippen molar-refractivity contribution < 1.29 is 17.9 Å². The summed E-state index contributed by atoms with van der Waals surface area (Å²) in [6.45, 7) is 2.87. The smallest absolute Gasteiger partial charge is 0.201 e. The van der Waals surface area contributed by atoms with Crippen LogP contribution in [0.2, 0.25) is 0 Å². The van der Waals surface area contributed by atoms with Crippen LogP contribution in [0.3, 0.4) is 0 Å². The molecule has 4 heteroatoms. The maximum Gasteiger partial charge on any atom is 0.201 e. The maximum absolute atomic E-state index is 12.9. The number of hydrogen-bond acceptors (Lipinski definition) is 1. The van der Waals surface area contributed by atoms with E-state index in [2.05, 4.69) is 11.3 Å². The summed E-state index contributed by atoms with van der Waals surface area (Å²) in [5.74, 6) is -3.77. The molecule has 1 aromatic carbocycles. The molecule has 0 spiro atoms. The standard InChI is InChI=1S/C9H7F3O/c1-5(10)6-3-4-7(13-2)9(12)8(6)11/h3-4H,1H2,2H3. The predicted octanol–water partition coefficient (Wildman–Crippen LogP) is 2.91. The van der Waals surface area contributed by atoms with Gasteiger partial charge in [0.1, 0.15) is 5.83 Å². The summed E-state index contributed by atoms with van der Waals surface area (Å²) in [6.07, 6.45) is 0. The molecule has 0 unspecified atom stereocenters. The van der Waals surface area contributed by atoms with Gasteiger partial charge in [-0.1, -0.05) is 6.58 Å². The van der Waals surface area contributed by atoms with E-state index in [4.69, 9.17) is 0 Å². The third-order valence-corrected chi connectivity index (χ3v) is 1.56. The minimum Gasteiger partial charge on any atom is -0.494 e. The maximum atomic E-state index is 12.9. The Morgan fingerprint density at radius 2 is 1.92 bits per heavy atom. The lowest BCUT2D eigenvalue weighted by Gasteiger charge is -2.04. The average molecular weight is 188 g/mol. The highest BCUT2D eigenvalue weighted by molar-refractivity contribution is 5.58. The van der Waals surface area contributed by atoms with Gasteiger partial charge < -0.3 is 4.74 Å². The highest BCUT2D eigenvalue weighted by Gasteiger charge is 2.15. The van der Waals surface area contributed by atoms with Gasteiger partial charge >= 0.3 is 0 Å². The molecule has 0 aromatic heterocycles. The molecule has 0 aliphatic carbocycles. The lowest BCUT2D eigenvalue weighted by Crippen LogP contribution is -1.95. The van der Waals surface area contributed by atoms with Crippen LogP contribution in [0.4, 0.5) is 13.2 Å². The van der Waals surface area contributed by atoms with E-state index in [-0.39, 0.29) is 5.75 Å². The topological polar surface area (TPSA) is 9.23 Å². The second-order valence-corrected chi connectivity index (χ2v) is 2.35. The van der Waals surface area contributed by atoms with Crippen LogP contribution in [-0.4, -0.2) is 7.11 Å². The van der Waals surface area contributed by atoms with Crippen molar-refractivity contribution in [1.29, 1.82) is 0 Å². The van der Waals surface area contributed by atoms with Crippen molar-refractivity contribution in [2.24, 2.45) is 0 Å². The zero-order chi connectivity index (χ0) is 10.0. The van der Waals surface area contributed by atoms with Gasteiger partial charge in [-0.2, -0.15) is 4.39 Å². The quantitative estimate of drug-likeness (QED) is 0.693. The van der Waals surface area contributed by atoms with E-state index in [0.717, 1.165) is 12.1 Å². The van der Waals surface area contributed by atoms with E-state index in [1.807, 2.05) is 0 Å². The average Bonchev–Trinajstić information content (AvgIpc) is 2.09. The highest BCUT2D eigenvalue weighted by atomic mass is 19.2. The molecule has 0 atom stereocenters. The predicted molar refractivity (Wildman–Crippen MR) is 43.1 cm³/mol. The van der Waals surface area contributed by atoms with Crippen LogP contribution in [0, 0.1) is 11.6 Å². The molecule has 1 rings (SSSR count). The largest absolute Gasteiger partial charge is 0.494 e. The molecule has 70 valence electrons. The molecule has 0 saturated heterocycles. The molecule has 0 bridgehead atoms. The van der Waals surface area contributed by atoms with Crippen molar-refractivity contribution in [1.82, 2.24) is 0 Å². The fraction of sp³-hybridized carbons (Fsp3) is 0.111. The van der Waals surface area contributed by atoms with E-state index < -0.39 is 23.0 Å². The fourth-order valence-corrected chi connectivity index (χ4v) is 0.899. The van der Waals surface area contributed by atoms with Gasteiger partial charge in [-0.15, -0.1) is 0 Å². The van der Waals surface area contributed by atoms with Crippen LogP contribution in [0.25, 0.3) is 5.83 Å². The van der Waals surface area contributed by atoms with Crippen molar-refractivity contribution >= 4 is 5.83 Å². The first-order chi connectivity index (χ1) is 6.07. The Hall–Kier alpha value is -1.45. The molecular formula is C9H7F3O. The Labute approximate surface area is 73.4 Å². The Morgan fingerprint density at radius 1 is 1.31 bits per heavy atom. The lowest BCUT2D eigenvalue weighted by molar-refractivity contribution is 0.371. The van der Waals surface area contributed by atoms with Crippen LogP contribution in [0.5, 0.6) is 5.75 Å². The number of hydrogen-bond donors (Lipinski definition) is 0. The molecule has 0 radical (unpaired) electrons. The van der Waals surface area contributed by atoms with Gasteiger partial charge in [0.2, 0.25) is 5.82 Å². The second kappa shape index (κ2) is 3.51. The van der Waals surface area contributed by atoms with Crippen LogP contribution >= 0.6 is 0 Å². The van der Waals surface area contributed by atoms with Gasteiger partial charge in [0.05, 0.1) is 7.11 Å². The fourth-order valence-electron chi connectivity index (χ4n) is 0.899. The van der Waals surface area contributed by atoms with Crippen molar-refractivity contribution in [3.05, 3.63) is 35.9 Å². The van der Waals surface area contributed by atoms with Crippen molar-refractivity contribution in [2.75, 3.05) is 7.11 Å². The molecule has 0 amide bonds. The summed E-state index contributed by atoms with van der Waals surface area (Å²) in [6, 6.07) is 2.21. The van der Waals surface area contributed by atoms with Gasteiger partial charge in [-0.3, -0.25) is 0 Å². The first-order valence-electron chi connectivity index (χ1n) is 3.44. The van der Waals surface area contributed by atoms with E-state index in [9.17, 15) is 13.2 Å². The number of halogens is 3. The van der Waals surface area contributed by atoms with E-state index in [1.54, 1.807) is 0 Å². The summed E-state index contributed by atoms with van der Waals surface area (Å²) in [4.78, 5) is 0.